The van der Waals surface area contributed by atoms with Gasteiger partial charge in [-0.1, -0.05) is 37.3 Å². The van der Waals surface area contributed by atoms with Gasteiger partial charge in [0.1, 0.15) is 0 Å². The lowest BCUT2D eigenvalue weighted by atomic mass is 10.1. The van der Waals surface area contributed by atoms with Gasteiger partial charge in [0, 0.05) is 19.2 Å². The van der Waals surface area contributed by atoms with Crippen molar-refractivity contribution in [2.45, 2.75) is 26.1 Å². The van der Waals surface area contributed by atoms with E-state index in [1.807, 2.05) is 24.3 Å². The van der Waals surface area contributed by atoms with E-state index in [4.69, 9.17) is 0 Å². The van der Waals surface area contributed by atoms with Crippen LogP contribution in [0.5, 0.6) is 0 Å². The predicted molar refractivity (Wildman–Crippen MR) is 83.1 cm³/mol. The van der Waals surface area contributed by atoms with Crippen molar-refractivity contribution in [2.24, 2.45) is 0 Å². The van der Waals surface area contributed by atoms with E-state index in [-0.39, 0.29) is 5.56 Å². The minimum atomic E-state index is -4.45. The standard InChI is InChI=1S/C18H18F3NO/c1-3-13-7-9-14(10-8-13)12-22(2)17(23)15-5-4-6-16(11-15)18(19,20)21/h4-11H,3,12H2,1-2H3. The average molecular weight is 321 g/mol. The van der Waals surface area contributed by atoms with E-state index in [9.17, 15) is 18.0 Å². The average Bonchev–Trinajstić information content (AvgIpc) is 2.54. The van der Waals surface area contributed by atoms with Gasteiger partial charge in [-0.25, -0.2) is 0 Å². The van der Waals surface area contributed by atoms with Crippen LogP contribution in [0.2, 0.25) is 0 Å². The van der Waals surface area contributed by atoms with Gasteiger partial charge in [-0.15, -0.1) is 0 Å². The second-order valence-corrected chi connectivity index (χ2v) is 5.41. The van der Waals surface area contributed by atoms with Crippen LogP contribution < -0.4 is 0 Å². The van der Waals surface area contributed by atoms with E-state index in [1.54, 1.807) is 7.05 Å². The number of halogens is 3. The maximum Gasteiger partial charge on any atom is 0.416 e. The molecule has 0 radical (unpaired) electrons. The molecule has 0 heterocycles. The quantitative estimate of drug-likeness (QED) is 0.809. The zero-order valence-electron chi connectivity index (χ0n) is 13.0. The normalized spacial score (nSPS) is 11.3. The van der Waals surface area contributed by atoms with Gasteiger partial charge in [0.2, 0.25) is 0 Å². The van der Waals surface area contributed by atoms with Crippen molar-refractivity contribution in [3.05, 3.63) is 70.8 Å². The molecule has 0 aromatic heterocycles. The fourth-order valence-corrected chi connectivity index (χ4v) is 2.27. The molecule has 2 aromatic rings. The van der Waals surface area contributed by atoms with E-state index in [1.165, 1.54) is 22.6 Å². The molecule has 2 aromatic carbocycles. The van der Waals surface area contributed by atoms with Crippen LogP contribution in [0, 0.1) is 0 Å². The zero-order chi connectivity index (χ0) is 17.0. The third kappa shape index (κ3) is 4.34. The number of hydrogen-bond acceptors (Lipinski definition) is 1. The third-order valence-electron chi connectivity index (χ3n) is 3.63. The third-order valence-corrected chi connectivity index (χ3v) is 3.63. The molecular weight excluding hydrogens is 303 g/mol. The lowest BCUT2D eigenvalue weighted by molar-refractivity contribution is -0.137. The number of rotatable bonds is 4. The number of carbonyl (C=O) groups excluding carboxylic acids is 1. The topological polar surface area (TPSA) is 20.3 Å². The molecule has 0 spiro atoms. The minimum absolute atomic E-state index is 0.0347. The van der Waals surface area contributed by atoms with Crippen molar-refractivity contribution in [2.75, 3.05) is 7.05 Å². The van der Waals surface area contributed by atoms with Crippen molar-refractivity contribution < 1.29 is 18.0 Å². The lowest BCUT2D eigenvalue weighted by Gasteiger charge is -2.18. The number of alkyl halides is 3. The highest BCUT2D eigenvalue weighted by molar-refractivity contribution is 5.94. The summed E-state index contributed by atoms with van der Waals surface area (Å²) in [7, 11) is 1.58. The fourth-order valence-electron chi connectivity index (χ4n) is 2.27. The SMILES string of the molecule is CCc1ccc(CN(C)C(=O)c2cccc(C(F)(F)F)c2)cc1. The number of hydrogen-bond donors (Lipinski definition) is 0. The Bertz CT molecular complexity index is 677. The Morgan fingerprint density at radius 2 is 1.65 bits per heavy atom. The van der Waals surface area contributed by atoms with Gasteiger partial charge in [-0.05, 0) is 35.7 Å². The van der Waals surface area contributed by atoms with Crippen LogP contribution in [-0.2, 0) is 19.1 Å². The molecule has 0 unspecified atom stereocenters. The Balaban J connectivity index is 2.12. The Morgan fingerprint density at radius 3 is 2.22 bits per heavy atom. The maximum atomic E-state index is 12.7. The molecule has 0 saturated heterocycles. The number of aryl methyl sites for hydroxylation is 1. The van der Waals surface area contributed by atoms with Gasteiger partial charge in [0.15, 0.2) is 0 Å². The van der Waals surface area contributed by atoms with Crippen LogP contribution in [0.4, 0.5) is 13.2 Å². The molecule has 2 nitrogen and oxygen atoms in total. The Morgan fingerprint density at radius 1 is 1.04 bits per heavy atom. The van der Waals surface area contributed by atoms with E-state index < -0.39 is 17.6 Å². The number of amides is 1. The van der Waals surface area contributed by atoms with Gasteiger partial charge >= 0.3 is 6.18 Å². The smallest absolute Gasteiger partial charge is 0.337 e. The number of benzene rings is 2. The first kappa shape index (κ1) is 17.1. The van der Waals surface area contributed by atoms with Crippen molar-refractivity contribution >= 4 is 5.91 Å². The van der Waals surface area contributed by atoms with E-state index >= 15 is 0 Å². The van der Waals surface area contributed by atoms with Crippen LogP contribution in [0.1, 0.15) is 34.0 Å². The molecular formula is C18H18F3NO. The summed E-state index contributed by atoms with van der Waals surface area (Å²) in [6.07, 6.45) is -3.52. The highest BCUT2D eigenvalue weighted by Crippen LogP contribution is 2.29. The predicted octanol–water partition coefficient (Wildman–Crippen LogP) is 4.54. The van der Waals surface area contributed by atoms with Crippen molar-refractivity contribution in [1.82, 2.24) is 4.90 Å². The zero-order valence-corrected chi connectivity index (χ0v) is 13.0. The molecule has 122 valence electrons. The summed E-state index contributed by atoms with van der Waals surface area (Å²) in [4.78, 5) is 13.7. The van der Waals surface area contributed by atoms with Crippen molar-refractivity contribution in [1.29, 1.82) is 0 Å². The molecule has 0 N–H and O–H groups in total. The summed E-state index contributed by atoms with van der Waals surface area (Å²) in [6.45, 7) is 2.40. The van der Waals surface area contributed by atoms with E-state index in [0.717, 1.165) is 24.1 Å². The van der Waals surface area contributed by atoms with E-state index in [2.05, 4.69) is 6.92 Å². The molecule has 5 heteroatoms. The van der Waals surface area contributed by atoms with Crippen LogP contribution >= 0.6 is 0 Å². The molecule has 23 heavy (non-hydrogen) atoms. The first-order chi connectivity index (χ1) is 10.8. The largest absolute Gasteiger partial charge is 0.416 e. The molecule has 0 aliphatic rings. The fraction of sp³-hybridized carbons (Fsp3) is 0.278. The molecule has 0 atom stereocenters. The van der Waals surface area contributed by atoms with Crippen LogP contribution in [0.3, 0.4) is 0 Å². The Labute approximate surface area is 133 Å². The van der Waals surface area contributed by atoms with Crippen LogP contribution in [-0.4, -0.2) is 17.9 Å². The van der Waals surface area contributed by atoms with Crippen molar-refractivity contribution in [3.63, 3.8) is 0 Å². The summed E-state index contributed by atoms with van der Waals surface area (Å²) in [6, 6.07) is 12.3. The molecule has 0 bridgehead atoms. The van der Waals surface area contributed by atoms with Crippen LogP contribution in [0.15, 0.2) is 48.5 Å². The molecule has 1 amide bonds. The summed E-state index contributed by atoms with van der Waals surface area (Å²) in [5.74, 6) is -0.435. The number of nitrogens with zero attached hydrogens (tertiary/aromatic N) is 1. The van der Waals surface area contributed by atoms with Gasteiger partial charge in [-0.2, -0.15) is 13.2 Å². The van der Waals surface area contributed by atoms with E-state index in [0.29, 0.717) is 6.54 Å². The van der Waals surface area contributed by atoms with Crippen LogP contribution in [0.25, 0.3) is 0 Å². The number of carbonyl (C=O) groups is 1. The molecule has 0 fully saturated rings. The molecule has 0 aliphatic carbocycles. The summed E-state index contributed by atoms with van der Waals surface area (Å²) >= 11 is 0. The van der Waals surface area contributed by atoms with Gasteiger partial charge in [-0.3, -0.25) is 4.79 Å². The minimum Gasteiger partial charge on any atom is -0.337 e. The first-order valence-corrected chi connectivity index (χ1v) is 7.32. The summed E-state index contributed by atoms with van der Waals surface area (Å²) < 4.78 is 38.2. The van der Waals surface area contributed by atoms with Gasteiger partial charge < -0.3 is 4.90 Å². The Kier molecular flexibility index (Phi) is 5.08. The highest BCUT2D eigenvalue weighted by Gasteiger charge is 2.31. The first-order valence-electron chi connectivity index (χ1n) is 7.32. The second kappa shape index (κ2) is 6.86. The maximum absolute atomic E-state index is 12.7. The monoisotopic (exact) mass is 321 g/mol. The molecule has 0 saturated carbocycles. The molecule has 2 rings (SSSR count). The Hall–Kier alpha value is -2.30. The van der Waals surface area contributed by atoms with Crippen molar-refractivity contribution in [3.8, 4) is 0 Å². The lowest BCUT2D eigenvalue weighted by Crippen LogP contribution is -2.26. The van der Waals surface area contributed by atoms with Gasteiger partial charge in [0.05, 0.1) is 5.56 Å². The summed E-state index contributed by atoms with van der Waals surface area (Å²) in [5, 5.41) is 0. The summed E-state index contributed by atoms with van der Waals surface area (Å²) in [5.41, 5.74) is 1.35. The molecule has 0 aliphatic heterocycles. The van der Waals surface area contributed by atoms with Gasteiger partial charge in [0.25, 0.3) is 5.91 Å². The second-order valence-electron chi connectivity index (χ2n) is 5.41. The highest BCUT2D eigenvalue weighted by atomic mass is 19.4.